The summed E-state index contributed by atoms with van der Waals surface area (Å²) in [5, 5.41) is 7.43. The maximum absolute atomic E-state index is 14.1. The molecule has 7 aromatic carbocycles. The fourth-order valence-corrected chi connectivity index (χ4v) is 15.3. The SMILES string of the molecule is CCN1CCN(Cc2ccc(CC(=O)c3ccc(C)c(C#Cc4cnc(NC)c5c4N=CC5)c3)cc2C(F)(F)F)CC1.Cc1ccc(C(=O)Cc2ccc(CN3CC[C@@H](CN(C)C)C3)c(C(F)(F)F)c2)cc1C#Cc1cnc(N)c2c1C=CC2.Cc1cn(-c2cc(C(=O)Nc3ccc(C)c(C#Cc4cnc(N)c5ccccc45)c3)cc(C(F)(F)F)c2)cn1. The van der Waals surface area contributed by atoms with Gasteiger partial charge in [0.2, 0.25) is 0 Å². The first-order valence-corrected chi connectivity index (χ1v) is 40.2. The molecule has 0 radical (unpaired) electrons. The number of nitrogen functional groups attached to an aromatic ring is 2. The van der Waals surface area contributed by atoms with Gasteiger partial charge in [0, 0.05) is 176 Å². The molecule has 1 aliphatic carbocycles. The number of nitrogens with zero attached hydrogens (tertiary/aromatic N) is 10. The minimum atomic E-state index is -4.63. The van der Waals surface area contributed by atoms with E-state index >= 15 is 0 Å². The fourth-order valence-electron chi connectivity index (χ4n) is 15.3. The van der Waals surface area contributed by atoms with Crippen molar-refractivity contribution < 1.29 is 53.9 Å². The third kappa shape index (κ3) is 21.8. The Balaban J connectivity index is 0.000000159. The molecule has 4 aliphatic rings. The Kier molecular flexibility index (Phi) is 27.1. The zero-order valence-corrected chi connectivity index (χ0v) is 69.3. The standard InChI is InChI=1S/C34H35F3N4O.C33H34F3N5O.C30H22F3N5O/c1-22-7-9-26(17-25(22)11-12-27-18-39-33(38)30-6-4-5-29(27)30)32(42)16-23-8-10-28(31(15-23)34(35,36)37)21-41-14-13-24(20-41)19-40(2)3;1-4-40-13-15-41(16-14-40)21-27-8-6-23(17-29(27)33(34,35)36)18-30(42)25-7-5-22(2)24(19-25)9-10-26-20-39-32(37-3)28-11-12-38-31(26)28;1-18-7-10-24(12-20(18)8-9-21-15-35-28(34)27-6-4-3-5-26(21)27)37-29(39)22-11-23(30(31,32)33)14-25(13-22)38-16-19(2)36-17-38/h4-5,7-10,15,17-18,24H,6,13-14,16,19-21H2,1-3H3,(H2,38,39);5-8,12,17,19-20H,4,11,13-16,18,21H2,1-3H3,(H,37,39);3-7,10-17H,1-2H3,(H2,34,35)(H,37,39)/t24-;;/m0../s1. The summed E-state index contributed by atoms with van der Waals surface area (Å²) in [4.78, 5) is 69.5. The van der Waals surface area contributed by atoms with Crippen molar-refractivity contribution in [1.82, 2.24) is 44.1 Å². The van der Waals surface area contributed by atoms with Crippen LogP contribution in [0.5, 0.6) is 0 Å². The number of alkyl halides is 9. The largest absolute Gasteiger partial charge is 0.416 e. The van der Waals surface area contributed by atoms with Gasteiger partial charge in [0.15, 0.2) is 11.6 Å². The van der Waals surface area contributed by atoms with Gasteiger partial charge in [-0.15, -0.1) is 0 Å². The molecule has 630 valence electrons. The summed E-state index contributed by atoms with van der Waals surface area (Å²) in [7, 11) is 5.83. The smallest absolute Gasteiger partial charge is 0.383 e. The normalized spacial score (nSPS) is 14.4. The molecule has 0 bridgehead atoms. The van der Waals surface area contributed by atoms with E-state index in [-0.39, 0.29) is 59.9 Å². The van der Waals surface area contributed by atoms with Crippen LogP contribution in [0.1, 0.15) is 156 Å². The average Bonchev–Trinajstić information content (AvgIpc) is 1.80. The van der Waals surface area contributed by atoms with Gasteiger partial charge in [-0.05, 0) is 173 Å². The summed E-state index contributed by atoms with van der Waals surface area (Å²) in [6.45, 7) is 16.6. The van der Waals surface area contributed by atoms with Crippen molar-refractivity contribution in [2.75, 3.05) is 95.6 Å². The molecular weight excluding hydrogens is 1580 g/mol. The van der Waals surface area contributed by atoms with Crippen molar-refractivity contribution in [2.24, 2.45) is 10.9 Å². The monoisotopic (exact) mass is 1670 g/mol. The number of piperazine rings is 1. The molecule has 0 spiro atoms. The maximum Gasteiger partial charge on any atom is 0.416 e. The van der Waals surface area contributed by atoms with E-state index in [1.165, 1.54) is 29.1 Å². The van der Waals surface area contributed by atoms with Crippen molar-refractivity contribution in [3.63, 3.8) is 0 Å². The summed E-state index contributed by atoms with van der Waals surface area (Å²) in [6, 6.07) is 34.9. The Morgan fingerprint density at radius 1 is 0.553 bits per heavy atom. The zero-order valence-electron chi connectivity index (χ0n) is 69.3. The second-order valence-electron chi connectivity index (χ2n) is 31.3. The number of halogens is 9. The van der Waals surface area contributed by atoms with E-state index in [0.717, 1.165) is 151 Å². The number of pyridine rings is 3. The lowest BCUT2D eigenvalue weighted by Crippen LogP contribution is -2.45. The molecule has 15 rings (SSSR count). The molecule has 6 N–H and O–H groups in total. The Labute approximate surface area is 708 Å². The number of likely N-dealkylation sites (tertiary alicyclic amines) is 1. The number of hydrogen-bond acceptors (Lipinski definition) is 15. The topological polar surface area (TPSA) is 209 Å². The van der Waals surface area contributed by atoms with Gasteiger partial charge in [-0.3, -0.25) is 29.2 Å². The van der Waals surface area contributed by atoms with Crippen molar-refractivity contribution >= 4 is 69.4 Å². The van der Waals surface area contributed by atoms with Crippen molar-refractivity contribution in [2.45, 2.75) is 98.3 Å². The van der Waals surface area contributed by atoms with Crippen LogP contribution in [0.25, 0.3) is 22.5 Å². The van der Waals surface area contributed by atoms with Gasteiger partial charge in [0.05, 0.1) is 51.1 Å². The van der Waals surface area contributed by atoms with E-state index in [4.69, 9.17) is 11.5 Å². The van der Waals surface area contributed by atoms with Gasteiger partial charge in [0.25, 0.3) is 5.91 Å². The van der Waals surface area contributed by atoms with Gasteiger partial charge in [-0.1, -0.05) is 133 Å². The first-order chi connectivity index (χ1) is 58.7. The summed E-state index contributed by atoms with van der Waals surface area (Å²) >= 11 is 0. The second kappa shape index (κ2) is 37.9. The predicted octanol–water partition coefficient (Wildman–Crippen LogP) is 17.7. The quantitative estimate of drug-likeness (QED) is 0.0380. The number of imidazole rings is 1. The lowest BCUT2D eigenvalue weighted by Gasteiger charge is -2.34. The number of likely N-dealkylation sites (N-methyl/N-ethyl adjacent to an activating group) is 1. The number of allylic oxidation sites excluding steroid dienone is 1. The number of hydrogen-bond donors (Lipinski definition) is 4. The maximum atomic E-state index is 14.1. The van der Waals surface area contributed by atoms with Crippen LogP contribution in [0.2, 0.25) is 0 Å². The van der Waals surface area contributed by atoms with E-state index in [1.807, 2.05) is 96.7 Å². The lowest BCUT2D eigenvalue weighted by molar-refractivity contribution is -0.139. The molecule has 3 aliphatic heterocycles. The molecule has 1 amide bonds. The number of aryl methyl sites for hydroxylation is 4. The molecule has 0 unspecified atom stereocenters. The van der Waals surface area contributed by atoms with E-state index in [1.54, 1.807) is 86.3 Å². The molecular formula is C97H91F9N14O3. The lowest BCUT2D eigenvalue weighted by atomic mass is 9.96. The van der Waals surface area contributed by atoms with Crippen molar-refractivity contribution in [3.05, 3.63) is 299 Å². The van der Waals surface area contributed by atoms with Crippen LogP contribution < -0.4 is 22.1 Å². The number of fused-ring (bicyclic) bond motifs is 3. The van der Waals surface area contributed by atoms with Crippen LogP contribution in [0.3, 0.4) is 0 Å². The van der Waals surface area contributed by atoms with Crippen molar-refractivity contribution in [3.8, 4) is 41.2 Å². The number of anilines is 4. The number of nitrogens with one attached hydrogen (secondary N) is 2. The molecule has 1 atom stereocenters. The summed E-state index contributed by atoms with van der Waals surface area (Å²) in [5.41, 5.74) is 23.2. The van der Waals surface area contributed by atoms with Crippen LogP contribution in [-0.4, -0.2) is 141 Å². The van der Waals surface area contributed by atoms with Gasteiger partial charge in [0.1, 0.15) is 17.5 Å². The Morgan fingerprint density at radius 2 is 1.11 bits per heavy atom. The van der Waals surface area contributed by atoms with Crippen molar-refractivity contribution in [1.29, 1.82) is 0 Å². The molecule has 17 nitrogen and oxygen atoms in total. The van der Waals surface area contributed by atoms with E-state index in [9.17, 15) is 53.9 Å². The Hall–Kier alpha value is -13.0. The summed E-state index contributed by atoms with van der Waals surface area (Å²) < 4.78 is 127. The number of aromatic nitrogens is 5. The number of amides is 1. The second-order valence-corrected chi connectivity index (χ2v) is 31.3. The van der Waals surface area contributed by atoms with Crippen LogP contribution in [0.15, 0.2) is 176 Å². The van der Waals surface area contributed by atoms with E-state index in [2.05, 4.69) is 97.6 Å². The minimum absolute atomic E-state index is 0.131. The first kappa shape index (κ1) is 87.8. The number of rotatable bonds is 17. The van der Waals surface area contributed by atoms with Crippen LogP contribution in [-0.2, 0) is 57.3 Å². The number of aliphatic imine (C=N–C) groups is 1. The number of carbonyl (C=O) groups excluding carboxylic acids is 3. The predicted molar refractivity (Wildman–Crippen MR) is 464 cm³/mol. The molecule has 123 heavy (non-hydrogen) atoms. The first-order valence-electron chi connectivity index (χ1n) is 40.2. The third-order valence-corrected chi connectivity index (χ3v) is 22.1. The number of ketones is 2. The number of nitrogens with two attached hydrogens (primary N) is 2. The van der Waals surface area contributed by atoms with E-state index in [0.29, 0.717) is 85.4 Å². The highest BCUT2D eigenvalue weighted by atomic mass is 19.4. The molecule has 11 aromatic rings. The molecule has 4 aromatic heterocycles. The van der Waals surface area contributed by atoms with E-state index < -0.39 is 41.1 Å². The minimum Gasteiger partial charge on any atom is -0.383 e. The molecule has 0 saturated carbocycles. The summed E-state index contributed by atoms with van der Waals surface area (Å²) in [6.07, 6.45) is 2.23. The van der Waals surface area contributed by atoms with Crippen LogP contribution in [0, 0.1) is 69.1 Å². The molecule has 26 heteroatoms. The highest BCUT2D eigenvalue weighted by Gasteiger charge is 2.37. The molecule has 2 saturated heterocycles. The third-order valence-electron chi connectivity index (χ3n) is 22.1. The fraction of sp³-hybridized carbons (Fsp3) is 0.278. The van der Waals surface area contributed by atoms with Gasteiger partial charge < -0.3 is 36.5 Å². The highest BCUT2D eigenvalue weighted by Crippen LogP contribution is 2.39. The highest BCUT2D eigenvalue weighted by molar-refractivity contribution is 6.05. The van der Waals surface area contributed by atoms with Gasteiger partial charge >= 0.3 is 18.5 Å². The van der Waals surface area contributed by atoms with Gasteiger partial charge in [-0.25, -0.2) is 19.9 Å². The van der Waals surface area contributed by atoms with Gasteiger partial charge in [-0.2, -0.15) is 39.5 Å². The number of Topliss-reactive ketones (excluding diaryl/α,β-unsaturated/α-hetero) is 2. The van der Waals surface area contributed by atoms with Crippen LogP contribution in [0.4, 0.5) is 68.3 Å². The zero-order chi connectivity index (χ0) is 87.6. The molecule has 7 heterocycles. The summed E-state index contributed by atoms with van der Waals surface area (Å²) in [5.74, 6) is 19.8. The van der Waals surface area contributed by atoms with Crippen LogP contribution >= 0.6 is 0 Å². The number of carbonyl (C=O) groups is 3. The number of benzene rings is 7. The Morgan fingerprint density at radius 3 is 1.71 bits per heavy atom. The average molecular weight is 1670 g/mol. The molecule has 2 fully saturated rings. The Bertz CT molecular complexity index is 6140.